The van der Waals surface area contributed by atoms with Gasteiger partial charge in [0.05, 0.1) is 5.52 Å². The molecule has 2 aromatic rings. The zero-order valence-electron chi connectivity index (χ0n) is 8.71. The normalized spacial score (nSPS) is 9.43. The number of aryl methyl sites for hydroxylation is 1. The molecule has 1 aromatic carbocycles. The van der Waals surface area contributed by atoms with Crippen LogP contribution >= 0.6 is 15.9 Å². The first-order chi connectivity index (χ1) is 6.79. The van der Waals surface area contributed by atoms with Gasteiger partial charge in [-0.25, -0.2) is 0 Å². The summed E-state index contributed by atoms with van der Waals surface area (Å²) in [6.07, 6.45) is 1.81. The fourth-order valence-corrected chi connectivity index (χ4v) is 1.97. The molecule has 0 radical (unpaired) electrons. The van der Waals surface area contributed by atoms with Gasteiger partial charge in [0.15, 0.2) is 0 Å². The minimum atomic E-state index is 1.05. The zero-order chi connectivity index (χ0) is 10.6. The smallest absolute Gasteiger partial charge is 0.0715 e. The van der Waals surface area contributed by atoms with E-state index in [1.807, 2.05) is 38.2 Å². The summed E-state index contributed by atoms with van der Waals surface area (Å²) in [6, 6.07) is 8.11. The van der Waals surface area contributed by atoms with Crippen molar-refractivity contribution in [2.45, 2.75) is 20.8 Å². The van der Waals surface area contributed by atoms with Gasteiger partial charge in [0.1, 0.15) is 0 Å². The fraction of sp³-hybridized carbons (Fsp3) is 0.250. The van der Waals surface area contributed by atoms with Crippen molar-refractivity contribution in [2.75, 3.05) is 0 Å². The highest BCUT2D eigenvalue weighted by Gasteiger charge is 2.00. The molecule has 74 valence electrons. The van der Waals surface area contributed by atoms with Gasteiger partial charge in [0, 0.05) is 16.1 Å². The van der Waals surface area contributed by atoms with Crippen LogP contribution in [0.3, 0.4) is 0 Å². The number of benzene rings is 1. The molecule has 0 aliphatic rings. The Hall–Kier alpha value is -0.890. The molecule has 2 heteroatoms. The first kappa shape index (κ1) is 11.2. The molecule has 0 N–H and O–H groups in total. The number of rotatable bonds is 0. The Morgan fingerprint density at radius 2 is 1.86 bits per heavy atom. The van der Waals surface area contributed by atoms with Gasteiger partial charge in [-0.2, -0.15) is 0 Å². The number of hydrogen-bond acceptors (Lipinski definition) is 1. The minimum Gasteiger partial charge on any atom is -0.256 e. The first-order valence-corrected chi connectivity index (χ1v) is 5.58. The van der Waals surface area contributed by atoms with Gasteiger partial charge in [-0.3, -0.25) is 4.98 Å². The average molecular weight is 252 g/mol. The summed E-state index contributed by atoms with van der Waals surface area (Å²) in [4.78, 5) is 4.27. The Morgan fingerprint density at radius 3 is 2.50 bits per heavy atom. The lowest BCUT2D eigenvalue weighted by molar-refractivity contribution is 1.38. The maximum absolute atomic E-state index is 4.27. The second kappa shape index (κ2) is 5.11. The predicted octanol–water partition coefficient (Wildman–Crippen LogP) is 4.33. The summed E-state index contributed by atoms with van der Waals surface area (Å²) in [5.41, 5.74) is 2.30. The van der Waals surface area contributed by atoms with Crippen molar-refractivity contribution >= 4 is 26.8 Å². The molecule has 14 heavy (non-hydrogen) atoms. The third-order valence-corrected chi connectivity index (χ3v) is 2.58. The van der Waals surface area contributed by atoms with E-state index in [1.54, 1.807) is 0 Å². The van der Waals surface area contributed by atoms with E-state index < -0.39 is 0 Å². The van der Waals surface area contributed by atoms with Crippen LogP contribution in [0, 0.1) is 6.92 Å². The molecule has 0 saturated carbocycles. The van der Waals surface area contributed by atoms with Gasteiger partial charge in [0.2, 0.25) is 0 Å². The van der Waals surface area contributed by atoms with Crippen LogP contribution in [0.2, 0.25) is 0 Å². The monoisotopic (exact) mass is 251 g/mol. The third-order valence-electron chi connectivity index (χ3n) is 1.92. The summed E-state index contributed by atoms with van der Waals surface area (Å²) in [5, 5.41) is 1.21. The Kier molecular flexibility index (Phi) is 4.08. The van der Waals surface area contributed by atoms with Crippen LogP contribution < -0.4 is 0 Å². The van der Waals surface area contributed by atoms with Crippen LogP contribution in [0.25, 0.3) is 10.9 Å². The SMILES string of the molecule is CC.Cc1cccc2nccc(Br)c12. The summed E-state index contributed by atoms with van der Waals surface area (Å²) in [5.74, 6) is 0. The number of nitrogens with zero attached hydrogens (tertiary/aromatic N) is 1. The minimum absolute atomic E-state index is 1.05. The highest BCUT2D eigenvalue weighted by Crippen LogP contribution is 2.24. The number of pyridine rings is 1. The molecule has 0 atom stereocenters. The van der Waals surface area contributed by atoms with E-state index in [2.05, 4.69) is 33.9 Å². The highest BCUT2D eigenvalue weighted by molar-refractivity contribution is 9.10. The van der Waals surface area contributed by atoms with Gasteiger partial charge >= 0.3 is 0 Å². The third kappa shape index (κ3) is 2.13. The van der Waals surface area contributed by atoms with Crippen LogP contribution in [0.15, 0.2) is 34.9 Å². The maximum atomic E-state index is 4.27. The van der Waals surface area contributed by atoms with Gasteiger partial charge in [-0.15, -0.1) is 0 Å². The number of fused-ring (bicyclic) bond motifs is 1. The quantitative estimate of drug-likeness (QED) is 0.679. The molecule has 0 saturated heterocycles. The molecule has 1 heterocycles. The van der Waals surface area contributed by atoms with E-state index in [0.29, 0.717) is 0 Å². The second-order valence-electron chi connectivity index (χ2n) is 2.76. The van der Waals surface area contributed by atoms with Crippen molar-refractivity contribution in [2.24, 2.45) is 0 Å². The van der Waals surface area contributed by atoms with E-state index in [1.165, 1.54) is 10.9 Å². The van der Waals surface area contributed by atoms with Crippen molar-refractivity contribution in [3.8, 4) is 0 Å². The number of aromatic nitrogens is 1. The first-order valence-electron chi connectivity index (χ1n) is 4.79. The van der Waals surface area contributed by atoms with E-state index >= 15 is 0 Å². The van der Waals surface area contributed by atoms with Crippen molar-refractivity contribution in [1.82, 2.24) is 4.98 Å². The summed E-state index contributed by atoms with van der Waals surface area (Å²) in [6.45, 7) is 6.09. The van der Waals surface area contributed by atoms with Crippen molar-refractivity contribution < 1.29 is 0 Å². The lowest BCUT2D eigenvalue weighted by Gasteiger charge is -2.01. The van der Waals surface area contributed by atoms with Gasteiger partial charge in [-0.05, 0) is 24.6 Å². The lowest BCUT2D eigenvalue weighted by atomic mass is 10.1. The second-order valence-corrected chi connectivity index (χ2v) is 3.62. The van der Waals surface area contributed by atoms with E-state index in [0.717, 1.165) is 9.99 Å². The standard InChI is InChI=1S/C10H8BrN.C2H6/c1-7-3-2-4-9-10(7)8(11)5-6-12-9;1-2/h2-6H,1H3;1-2H3. The van der Waals surface area contributed by atoms with Crippen molar-refractivity contribution in [1.29, 1.82) is 0 Å². The molecule has 2 rings (SSSR count). The summed E-state index contributed by atoms with van der Waals surface area (Å²) >= 11 is 3.51. The molecule has 1 nitrogen and oxygen atoms in total. The van der Waals surface area contributed by atoms with Crippen LogP contribution in [0.1, 0.15) is 19.4 Å². The molecule has 0 unspecified atom stereocenters. The Labute approximate surface area is 93.3 Å². The van der Waals surface area contributed by atoms with Crippen molar-refractivity contribution in [3.05, 3.63) is 40.5 Å². The van der Waals surface area contributed by atoms with Gasteiger partial charge in [0.25, 0.3) is 0 Å². The van der Waals surface area contributed by atoms with Crippen LogP contribution in [-0.2, 0) is 0 Å². The average Bonchev–Trinajstić information content (AvgIpc) is 2.21. The molecule has 1 aromatic heterocycles. The largest absolute Gasteiger partial charge is 0.256 e. The van der Waals surface area contributed by atoms with Crippen molar-refractivity contribution in [3.63, 3.8) is 0 Å². The molecule has 0 aliphatic carbocycles. The topological polar surface area (TPSA) is 12.9 Å². The van der Waals surface area contributed by atoms with E-state index in [-0.39, 0.29) is 0 Å². The lowest BCUT2D eigenvalue weighted by Crippen LogP contribution is -1.82. The Morgan fingerprint density at radius 1 is 1.14 bits per heavy atom. The predicted molar refractivity (Wildman–Crippen MR) is 65.5 cm³/mol. The Bertz CT molecular complexity index is 387. The number of halogens is 1. The molecular weight excluding hydrogens is 238 g/mol. The van der Waals surface area contributed by atoms with Crippen LogP contribution in [-0.4, -0.2) is 4.98 Å². The van der Waals surface area contributed by atoms with E-state index in [9.17, 15) is 0 Å². The molecular formula is C12H14BrN. The summed E-state index contributed by atoms with van der Waals surface area (Å²) in [7, 11) is 0. The zero-order valence-corrected chi connectivity index (χ0v) is 10.3. The molecule has 0 fully saturated rings. The molecule has 0 amide bonds. The number of hydrogen-bond donors (Lipinski definition) is 0. The fourth-order valence-electron chi connectivity index (χ4n) is 1.34. The highest BCUT2D eigenvalue weighted by atomic mass is 79.9. The molecule has 0 aliphatic heterocycles. The van der Waals surface area contributed by atoms with Crippen LogP contribution in [0.5, 0.6) is 0 Å². The Balaban J connectivity index is 0.000000461. The van der Waals surface area contributed by atoms with Gasteiger partial charge in [-0.1, -0.05) is 41.9 Å². The van der Waals surface area contributed by atoms with Crippen LogP contribution in [0.4, 0.5) is 0 Å². The van der Waals surface area contributed by atoms with E-state index in [4.69, 9.17) is 0 Å². The molecule has 0 bridgehead atoms. The molecule has 0 spiro atoms. The maximum Gasteiger partial charge on any atom is 0.0715 e. The summed E-state index contributed by atoms with van der Waals surface area (Å²) < 4.78 is 1.12. The van der Waals surface area contributed by atoms with Gasteiger partial charge < -0.3 is 0 Å².